The van der Waals surface area contributed by atoms with E-state index in [2.05, 4.69) is 0 Å². The molecular formula is C12H15NO4. The minimum Gasteiger partial charge on any atom is -0.478 e. The van der Waals surface area contributed by atoms with Crippen LogP contribution in [-0.4, -0.2) is 42.3 Å². The Morgan fingerprint density at radius 3 is 2.24 bits per heavy atom. The fourth-order valence-corrected chi connectivity index (χ4v) is 1.17. The Kier molecular flexibility index (Phi) is 4.23. The molecule has 0 saturated heterocycles. The SMILES string of the molecule is CC(OC(=O)c1ccccc1C(=O)O)N(C)C. The first-order valence-corrected chi connectivity index (χ1v) is 5.13. The number of hydrogen-bond donors (Lipinski definition) is 1. The highest BCUT2D eigenvalue weighted by molar-refractivity contribution is 6.02. The van der Waals surface area contributed by atoms with Crippen molar-refractivity contribution in [2.75, 3.05) is 14.1 Å². The first-order chi connectivity index (χ1) is 7.93. The van der Waals surface area contributed by atoms with Gasteiger partial charge in [-0.05, 0) is 33.2 Å². The molecular weight excluding hydrogens is 222 g/mol. The molecule has 1 atom stereocenters. The lowest BCUT2D eigenvalue weighted by molar-refractivity contribution is -0.00571. The molecule has 17 heavy (non-hydrogen) atoms. The maximum Gasteiger partial charge on any atom is 0.340 e. The zero-order valence-electron chi connectivity index (χ0n) is 10.0. The lowest BCUT2D eigenvalue weighted by Gasteiger charge is -2.20. The predicted octanol–water partition coefficient (Wildman–Crippen LogP) is 1.45. The van der Waals surface area contributed by atoms with Crippen molar-refractivity contribution in [1.29, 1.82) is 0 Å². The Hall–Kier alpha value is -1.88. The minimum atomic E-state index is -1.14. The van der Waals surface area contributed by atoms with Gasteiger partial charge >= 0.3 is 11.9 Å². The van der Waals surface area contributed by atoms with Crippen LogP contribution in [0.1, 0.15) is 27.6 Å². The maximum atomic E-state index is 11.8. The molecule has 5 heteroatoms. The van der Waals surface area contributed by atoms with Gasteiger partial charge in [-0.25, -0.2) is 9.59 Å². The fourth-order valence-electron chi connectivity index (χ4n) is 1.17. The highest BCUT2D eigenvalue weighted by Crippen LogP contribution is 2.11. The summed E-state index contributed by atoms with van der Waals surface area (Å²) in [6.45, 7) is 1.71. The first-order valence-electron chi connectivity index (χ1n) is 5.13. The van der Waals surface area contributed by atoms with Gasteiger partial charge in [0.1, 0.15) is 0 Å². The van der Waals surface area contributed by atoms with Crippen LogP contribution in [0.25, 0.3) is 0 Å². The van der Waals surface area contributed by atoms with Gasteiger partial charge in [-0.1, -0.05) is 12.1 Å². The van der Waals surface area contributed by atoms with E-state index in [-0.39, 0.29) is 11.1 Å². The van der Waals surface area contributed by atoms with E-state index < -0.39 is 18.2 Å². The van der Waals surface area contributed by atoms with Crippen molar-refractivity contribution >= 4 is 11.9 Å². The summed E-state index contributed by atoms with van der Waals surface area (Å²) in [7, 11) is 3.53. The third kappa shape index (κ3) is 3.29. The number of esters is 1. The Labute approximate surface area is 99.6 Å². The van der Waals surface area contributed by atoms with Gasteiger partial charge in [0.05, 0.1) is 11.1 Å². The molecule has 0 spiro atoms. The van der Waals surface area contributed by atoms with E-state index in [1.54, 1.807) is 38.1 Å². The van der Waals surface area contributed by atoms with E-state index in [4.69, 9.17) is 9.84 Å². The van der Waals surface area contributed by atoms with Crippen LogP contribution in [0, 0.1) is 0 Å². The van der Waals surface area contributed by atoms with Crippen LogP contribution < -0.4 is 0 Å². The van der Waals surface area contributed by atoms with Crippen molar-refractivity contribution in [1.82, 2.24) is 4.90 Å². The summed E-state index contributed by atoms with van der Waals surface area (Å²) in [6, 6.07) is 5.98. The van der Waals surface area contributed by atoms with Gasteiger partial charge in [-0.15, -0.1) is 0 Å². The summed E-state index contributed by atoms with van der Waals surface area (Å²) in [4.78, 5) is 24.4. The largest absolute Gasteiger partial charge is 0.478 e. The number of nitrogens with zero attached hydrogens (tertiary/aromatic N) is 1. The number of hydrogen-bond acceptors (Lipinski definition) is 4. The molecule has 1 N–H and O–H groups in total. The van der Waals surface area contributed by atoms with Crippen LogP contribution in [0.5, 0.6) is 0 Å². The highest BCUT2D eigenvalue weighted by atomic mass is 16.6. The monoisotopic (exact) mass is 237 g/mol. The lowest BCUT2D eigenvalue weighted by Crippen LogP contribution is -2.30. The van der Waals surface area contributed by atoms with E-state index in [1.807, 2.05) is 0 Å². The summed E-state index contributed by atoms with van der Waals surface area (Å²) < 4.78 is 5.11. The van der Waals surface area contributed by atoms with Gasteiger partial charge in [0.15, 0.2) is 6.23 Å². The maximum absolute atomic E-state index is 11.8. The molecule has 5 nitrogen and oxygen atoms in total. The van der Waals surface area contributed by atoms with E-state index in [1.165, 1.54) is 12.1 Å². The molecule has 0 fully saturated rings. The van der Waals surface area contributed by atoms with Gasteiger partial charge in [-0.3, -0.25) is 4.90 Å². The number of benzene rings is 1. The molecule has 92 valence electrons. The Morgan fingerprint density at radius 1 is 1.24 bits per heavy atom. The normalized spacial score (nSPS) is 12.2. The summed E-state index contributed by atoms with van der Waals surface area (Å²) in [5.74, 6) is -1.78. The molecule has 1 unspecified atom stereocenters. The number of carbonyl (C=O) groups excluding carboxylic acids is 1. The van der Waals surface area contributed by atoms with Gasteiger partial charge in [-0.2, -0.15) is 0 Å². The molecule has 0 saturated carbocycles. The summed E-state index contributed by atoms with van der Waals surface area (Å²) in [6.07, 6.45) is -0.413. The molecule has 0 bridgehead atoms. The molecule has 0 amide bonds. The van der Waals surface area contributed by atoms with Crippen LogP contribution in [0.4, 0.5) is 0 Å². The Bertz CT molecular complexity index is 428. The molecule has 1 aromatic rings. The topological polar surface area (TPSA) is 66.8 Å². The molecule has 1 rings (SSSR count). The highest BCUT2D eigenvalue weighted by Gasteiger charge is 2.19. The van der Waals surface area contributed by atoms with Crippen LogP contribution >= 0.6 is 0 Å². The van der Waals surface area contributed by atoms with Crippen molar-refractivity contribution in [3.63, 3.8) is 0 Å². The van der Waals surface area contributed by atoms with Crippen molar-refractivity contribution in [3.05, 3.63) is 35.4 Å². The van der Waals surface area contributed by atoms with E-state index >= 15 is 0 Å². The molecule has 0 aliphatic carbocycles. The summed E-state index contributed by atoms with van der Waals surface area (Å²) in [5.41, 5.74) is 0.0113. The zero-order chi connectivity index (χ0) is 13.0. The molecule has 0 aliphatic heterocycles. The van der Waals surface area contributed by atoms with Crippen molar-refractivity contribution in [2.24, 2.45) is 0 Å². The summed E-state index contributed by atoms with van der Waals surface area (Å²) in [5, 5.41) is 8.94. The Balaban J connectivity index is 2.93. The molecule has 0 aromatic heterocycles. The quantitative estimate of drug-likeness (QED) is 0.634. The molecule has 0 aliphatic rings. The average Bonchev–Trinajstić information content (AvgIpc) is 2.28. The number of carboxylic acid groups (broad SMARTS) is 1. The fraction of sp³-hybridized carbons (Fsp3) is 0.333. The van der Waals surface area contributed by atoms with Gasteiger partial charge < -0.3 is 9.84 Å². The van der Waals surface area contributed by atoms with Crippen LogP contribution in [0.2, 0.25) is 0 Å². The van der Waals surface area contributed by atoms with Crippen molar-refractivity contribution in [2.45, 2.75) is 13.2 Å². The lowest BCUT2D eigenvalue weighted by atomic mass is 10.1. The molecule has 0 heterocycles. The van der Waals surface area contributed by atoms with E-state index in [9.17, 15) is 9.59 Å². The number of rotatable bonds is 4. The van der Waals surface area contributed by atoms with Crippen LogP contribution in [-0.2, 0) is 4.74 Å². The van der Waals surface area contributed by atoms with Gasteiger partial charge in [0.2, 0.25) is 0 Å². The zero-order valence-corrected chi connectivity index (χ0v) is 10.0. The van der Waals surface area contributed by atoms with Gasteiger partial charge in [0, 0.05) is 0 Å². The smallest absolute Gasteiger partial charge is 0.340 e. The standard InChI is InChI=1S/C12H15NO4/c1-8(13(2)3)17-12(16)10-7-5-4-6-9(10)11(14)15/h4-8H,1-3H3,(H,14,15). The molecule has 1 aromatic carbocycles. The second kappa shape index (κ2) is 5.45. The number of carboxylic acids is 1. The third-order valence-corrected chi connectivity index (χ3v) is 2.38. The Morgan fingerprint density at radius 2 is 1.76 bits per heavy atom. The van der Waals surface area contributed by atoms with Crippen molar-refractivity contribution in [3.8, 4) is 0 Å². The minimum absolute atomic E-state index is 0.0524. The number of aromatic carboxylic acids is 1. The van der Waals surface area contributed by atoms with E-state index in [0.717, 1.165) is 0 Å². The van der Waals surface area contributed by atoms with Crippen molar-refractivity contribution < 1.29 is 19.4 Å². The second-order valence-corrected chi connectivity index (χ2v) is 3.82. The van der Waals surface area contributed by atoms with Crippen LogP contribution in [0.15, 0.2) is 24.3 Å². The second-order valence-electron chi connectivity index (χ2n) is 3.82. The number of carbonyl (C=O) groups is 2. The van der Waals surface area contributed by atoms with Gasteiger partial charge in [0.25, 0.3) is 0 Å². The number of ether oxygens (including phenoxy) is 1. The predicted molar refractivity (Wildman–Crippen MR) is 62.0 cm³/mol. The summed E-state index contributed by atoms with van der Waals surface area (Å²) >= 11 is 0. The van der Waals surface area contributed by atoms with E-state index in [0.29, 0.717) is 0 Å². The third-order valence-electron chi connectivity index (χ3n) is 2.38. The molecule has 0 radical (unpaired) electrons. The van der Waals surface area contributed by atoms with Crippen LogP contribution in [0.3, 0.4) is 0 Å². The first kappa shape index (κ1) is 13.2. The average molecular weight is 237 g/mol.